The van der Waals surface area contributed by atoms with Gasteiger partial charge in [0.05, 0.1) is 12.0 Å². The average molecular weight is 257 g/mol. The summed E-state index contributed by atoms with van der Waals surface area (Å²) in [7, 11) is 0. The summed E-state index contributed by atoms with van der Waals surface area (Å²) in [5.41, 5.74) is 3.64. The van der Waals surface area contributed by atoms with Crippen LogP contribution >= 0.6 is 0 Å². The maximum Gasteiger partial charge on any atom is 0.251 e. The Bertz CT molecular complexity index is 599. The van der Waals surface area contributed by atoms with Gasteiger partial charge in [-0.05, 0) is 51.5 Å². The molecular weight excluding hydrogens is 238 g/mol. The van der Waals surface area contributed by atoms with Crippen LogP contribution in [0.25, 0.3) is 5.69 Å². The molecule has 1 aromatic carbocycles. The van der Waals surface area contributed by atoms with Crippen molar-refractivity contribution in [2.45, 2.75) is 33.7 Å². The average Bonchev–Trinajstić information content (AvgIpc) is 2.74. The first-order valence-corrected chi connectivity index (χ1v) is 6.39. The minimum absolute atomic E-state index is 0.0446. The topological polar surface area (TPSA) is 46.9 Å². The van der Waals surface area contributed by atoms with Crippen molar-refractivity contribution in [3.8, 4) is 5.69 Å². The molecule has 0 fully saturated rings. The monoisotopic (exact) mass is 257 g/mol. The molecule has 1 N–H and O–H groups in total. The summed E-state index contributed by atoms with van der Waals surface area (Å²) in [6, 6.07) is 5.94. The van der Waals surface area contributed by atoms with Gasteiger partial charge in [-0.1, -0.05) is 0 Å². The number of nitrogens with one attached hydrogen (secondary N) is 1. The van der Waals surface area contributed by atoms with E-state index in [1.807, 2.05) is 56.7 Å². The third-order valence-corrected chi connectivity index (χ3v) is 2.75. The van der Waals surface area contributed by atoms with E-state index in [-0.39, 0.29) is 11.9 Å². The van der Waals surface area contributed by atoms with Gasteiger partial charge >= 0.3 is 0 Å². The quantitative estimate of drug-likeness (QED) is 0.918. The molecule has 0 saturated carbocycles. The highest BCUT2D eigenvalue weighted by molar-refractivity contribution is 5.95. The van der Waals surface area contributed by atoms with Gasteiger partial charge in [0.2, 0.25) is 0 Å². The molecule has 2 rings (SSSR count). The molecular formula is C15H19N3O. The fourth-order valence-corrected chi connectivity index (χ4v) is 1.95. The number of benzene rings is 1. The van der Waals surface area contributed by atoms with Crippen molar-refractivity contribution in [3.63, 3.8) is 0 Å². The van der Waals surface area contributed by atoms with E-state index in [1.165, 1.54) is 0 Å². The van der Waals surface area contributed by atoms with Crippen LogP contribution in [-0.2, 0) is 0 Å². The normalized spacial score (nSPS) is 10.8. The van der Waals surface area contributed by atoms with Crippen LogP contribution < -0.4 is 5.32 Å². The number of carbonyl (C=O) groups excluding carboxylic acids is 1. The van der Waals surface area contributed by atoms with E-state index < -0.39 is 0 Å². The molecule has 0 aliphatic carbocycles. The summed E-state index contributed by atoms with van der Waals surface area (Å²) >= 11 is 0. The highest BCUT2D eigenvalue weighted by Gasteiger charge is 2.09. The van der Waals surface area contributed by atoms with Crippen molar-refractivity contribution < 1.29 is 4.79 Å². The summed E-state index contributed by atoms with van der Waals surface area (Å²) in [4.78, 5) is 16.3. The molecule has 1 amide bonds. The second kappa shape index (κ2) is 5.26. The number of rotatable bonds is 3. The zero-order valence-electron chi connectivity index (χ0n) is 11.8. The molecule has 0 unspecified atom stereocenters. The van der Waals surface area contributed by atoms with Crippen LogP contribution in [0.3, 0.4) is 0 Å². The Morgan fingerprint density at radius 1 is 1.26 bits per heavy atom. The molecule has 1 aromatic heterocycles. The smallest absolute Gasteiger partial charge is 0.251 e. The van der Waals surface area contributed by atoms with Gasteiger partial charge in [-0.25, -0.2) is 4.98 Å². The Labute approximate surface area is 113 Å². The fourth-order valence-electron chi connectivity index (χ4n) is 1.95. The van der Waals surface area contributed by atoms with E-state index in [0.717, 1.165) is 16.9 Å². The lowest BCUT2D eigenvalue weighted by atomic mass is 10.1. The highest BCUT2D eigenvalue weighted by atomic mass is 16.1. The van der Waals surface area contributed by atoms with E-state index in [4.69, 9.17) is 0 Å². The number of aromatic nitrogens is 2. The predicted octanol–water partition coefficient (Wildman–Crippen LogP) is 2.63. The van der Waals surface area contributed by atoms with E-state index >= 15 is 0 Å². The number of nitrogens with zero attached hydrogens (tertiary/aromatic N) is 2. The minimum atomic E-state index is -0.0446. The predicted molar refractivity (Wildman–Crippen MR) is 75.6 cm³/mol. The van der Waals surface area contributed by atoms with E-state index in [0.29, 0.717) is 5.56 Å². The Kier molecular flexibility index (Phi) is 3.69. The molecule has 0 radical (unpaired) electrons. The number of hydrogen-bond acceptors (Lipinski definition) is 2. The van der Waals surface area contributed by atoms with E-state index in [9.17, 15) is 4.79 Å². The maximum absolute atomic E-state index is 12.1. The number of imidazole rings is 1. The lowest BCUT2D eigenvalue weighted by Gasteiger charge is -2.11. The van der Waals surface area contributed by atoms with Crippen molar-refractivity contribution >= 4 is 5.91 Å². The van der Waals surface area contributed by atoms with Crippen molar-refractivity contribution in [3.05, 3.63) is 47.5 Å². The molecule has 0 spiro atoms. The Balaban J connectivity index is 2.37. The van der Waals surface area contributed by atoms with Gasteiger partial charge in [0.15, 0.2) is 0 Å². The second-order valence-corrected chi connectivity index (χ2v) is 5.11. The van der Waals surface area contributed by atoms with Crippen LogP contribution in [0.15, 0.2) is 30.7 Å². The van der Waals surface area contributed by atoms with Gasteiger partial charge in [-0.15, -0.1) is 0 Å². The van der Waals surface area contributed by atoms with Crippen LogP contribution in [0.2, 0.25) is 0 Å². The van der Waals surface area contributed by atoms with E-state index in [2.05, 4.69) is 10.3 Å². The van der Waals surface area contributed by atoms with Crippen molar-refractivity contribution in [2.75, 3.05) is 0 Å². The number of aryl methyl sites for hydroxylation is 2. The van der Waals surface area contributed by atoms with Gasteiger partial charge in [0.25, 0.3) is 5.91 Å². The molecule has 0 saturated heterocycles. The number of carbonyl (C=O) groups is 1. The summed E-state index contributed by atoms with van der Waals surface area (Å²) in [6.45, 7) is 7.83. The third-order valence-electron chi connectivity index (χ3n) is 2.75. The molecule has 1 heterocycles. The Morgan fingerprint density at radius 2 is 2.00 bits per heavy atom. The van der Waals surface area contributed by atoms with Gasteiger partial charge in [-0.3, -0.25) is 4.79 Å². The summed E-state index contributed by atoms with van der Waals surface area (Å²) in [5, 5.41) is 2.91. The molecule has 2 aromatic rings. The Morgan fingerprint density at radius 3 is 2.58 bits per heavy atom. The molecule has 0 aliphatic rings. The molecule has 0 atom stereocenters. The minimum Gasteiger partial charge on any atom is -0.350 e. The number of amides is 1. The first-order valence-electron chi connectivity index (χ1n) is 6.39. The third kappa shape index (κ3) is 3.22. The molecule has 0 bridgehead atoms. The lowest BCUT2D eigenvalue weighted by molar-refractivity contribution is 0.0943. The van der Waals surface area contributed by atoms with Crippen LogP contribution in [0.5, 0.6) is 0 Å². The summed E-state index contributed by atoms with van der Waals surface area (Å²) in [6.07, 6.45) is 3.70. The van der Waals surface area contributed by atoms with Gasteiger partial charge < -0.3 is 9.88 Å². The van der Waals surface area contributed by atoms with Gasteiger partial charge in [-0.2, -0.15) is 0 Å². The summed E-state index contributed by atoms with van der Waals surface area (Å²) < 4.78 is 1.93. The van der Waals surface area contributed by atoms with Crippen molar-refractivity contribution in [1.82, 2.24) is 14.9 Å². The number of hydrogen-bond donors (Lipinski definition) is 1. The first kappa shape index (κ1) is 13.3. The van der Waals surface area contributed by atoms with Crippen LogP contribution in [-0.4, -0.2) is 21.5 Å². The van der Waals surface area contributed by atoms with Crippen molar-refractivity contribution in [2.24, 2.45) is 0 Å². The standard InChI is InChI=1S/C15H19N3O/c1-10(2)17-15(19)13-5-11(3)6-14(7-13)18-8-12(4)16-9-18/h5-10H,1-4H3,(H,17,19). The molecule has 0 aliphatic heterocycles. The first-order chi connectivity index (χ1) is 8.95. The fraction of sp³-hybridized carbons (Fsp3) is 0.333. The SMILES string of the molecule is Cc1cc(C(=O)NC(C)C)cc(-n2cnc(C)c2)c1. The molecule has 4 nitrogen and oxygen atoms in total. The lowest BCUT2D eigenvalue weighted by Crippen LogP contribution is -2.30. The van der Waals surface area contributed by atoms with Gasteiger partial charge in [0, 0.05) is 23.5 Å². The molecule has 4 heteroatoms. The zero-order chi connectivity index (χ0) is 14.0. The molecule has 19 heavy (non-hydrogen) atoms. The highest BCUT2D eigenvalue weighted by Crippen LogP contribution is 2.15. The molecule has 100 valence electrons. The van der Waals surface area contributed by atoms with Crippen LogP contribution in [0, 0.1) is 13.8 Å². The summed E-state index contributed by atoms with van der Waals surface area (Å²) in [5.74, 6) is -0.0446. The van der Waals surface area contributed by atoms with Gasteiger partial charge in [0.1, 0.15) is 0 Å². The largest absolute Gasteiger partial charge is 0.350 e. The van der Waals surface area contributed by atoms with Crippen LogP contribution in [0.1, 0.15) is 35.5 Å². The van der Waals surface area contributed by atoms with Crippen molar-refractivity contribution in [1.29, 1.82) is 0 Å². The zero-order valence-corrected chi connectivity index (χ0v) is 11.8. The van der Waals surface area contributed by atoms with Crippen LogP contribution in [0.4, 0.5) is 0 Å². The Hall–Kier alpha value is -2.10. The maximum atomic E-state index is 12.1. The second-order valence-electron chi connectivity index (χ2n) is 5.11. The van der Waals surface area contributed by atoms with E-state index in [1.54, 1.807) is 6.33 Å².